The van der Waals surface area contributed by atoms with Gasteiger partial charge in [-0.05, 0) is 31.0 Å². The van der Waals surface area contributed by atoms with Crippen LogP contribution in [0.25, 0.3) is 0 Å². The molecule has 1 aromatic carbocycles. The van der Waals surface area contributed by atoms with Crippen molar-refractivity contribution in [1.82, 2.24) is 21.1 Å². The Morgan fingerprint density at radius 2 is 2.24 bits per heavy atom. The van der Waals surface area contributed by atoms with Crippen molar-refractivity contribution < 1.29 is 4.79 Å². The zero-order chi connectivity index (χ0) is 14.8. The predicted octanol–water partition coefficient (Wildman–Crippen LogP) is 1.07. The van der Waals surface area contributed by atoms with E-state index in [1.807, 2.05) is 29.2 Å². The molecule has 0 aromatic heterocycles. The molecule has 0 saturated carbocycles. The number of rotatable bonds is 2. The Kier molecular flexibility index (Phi) is 4.45. The van der Waals surface area contributed by atoms with Crippen molar-refractivity contribution in [3.8, 4) is 0 Å². The molecular formula is C15H21ClN4O. The van der Waals surface area contributed by atoms with Crippen molar-refractivity contribution >= 4 is 17.5 Å². The summed E-state index contributed by atoms with van der Waals surface area (Å²) < 4.78 is 0. The largest absolute Gasteiger partial charge is 0.332 e. The molecule has 3 atom stereocenters. The molecule has 2 aliphatic rings. The number of hydrogen-bond acceptors (Lipinski definition) is 4. The first-order chi connectivity index (χ1) is 10.1. The lowest BCUT2D eigenvalue weighted by molar-refractivity contribution is -0.136. The maximum absolute atomic E-state index is 12.8. The Hall–Kier alpha value is -1.14. The van der Waals surface area contributed by atoms with E-state index in [1.165, 1.54) is 0 Å². The topological polar surface area (TPSA) is 56.4 Å². The monoisotopic (exact) mass is 308 g/mol. The Balaban J connectivity index is 1.79. The van der Waals surface area contributed by atoms with Gasteiger partial charge in [0.15, 0.2) is 0 Å². The van der Waals surface area contributed by atoms with Crippen LogP contribution in [0.4, 0.5) is 0 Å². The van der Waals surface area contributed by atoms with E-state index >= 15 is 0 Å². The number of amides is 1. The van der Waals surface area contributed by atoms with Gasteiger partial charge in [0.05, 0.1) is 6.04 Å². The van der Waals surface area contributed by atoms with E-state index in [0.717, 1.165) is 31.6 Å². The van der Waals surface area contributed by atoms with Crippen molar-refractivity contribution in [3.05, 3.63) is 34.9 Å². The third-order valence-electron chi connectivity index (χ3n) is 4.15. The smallest absolute Gasteiger partial charge is 0.241 e. The van der Waals surface area contributed by atoms with Crippen molar-refractivity contribution in [3.63, 3.8) is 0 Å². The maximum atomic E-state index is 12.8. The van der Waals surface area contributed by atoms with E-state index in [9.17, 15) is 4.79 Å². The summed E-state index contributed by atoms with van der Waals surface area (Å²) in [5.41, 5.74) is 7.30. The summed E-state index contributed by atoms with van der Waals surface area (Å²) in [5.74, 6) is 0.165. The van der Waals surface area contributed by atoms with Crippen LogP contribution < -0.4 is 16.2 Å². The van der Waals surface area contributed by atoms with Gasteiger partial charge in [-0.3, -0.25) is 10.2 Å². The van der Waals surface area contributed by atoms with Crippen molar-refractivity contribution in [2.24, 2.45) is 0 Å². The van der Waals surface area contributed by atoms with Crippen LogP contribution >= 0.6 is 11.6 Å². The Bertz CT molecular complexity index is 524. The average molecular weight is 309 g/mol. The number of nitrogens with zero attached hydrogens (tertiary/aromatic N) is 1. The van der Waals surface area contributed by atoms with Crippen LogP contribution in [0.5, 0.6) is 0 Å². The molecule has 5 nitrogen and oxygen atoms in total. The summed E-state index contributed by atoms with van der Waals surface area (Å²) in [5, 5.41) is 4.07. The molecular weight excluding hydrogens is 288 g/mol. The van der Waals surface area contributed by atoms with E-state index in [2.05, 4.69) is 23.1 Å². The van der Waals surface area contributed by atoms with Gasteiger partial charge < -0.3 is 10.2 Å². The molecule has 6 heteroatoms. The average Bonchev–Trinajstić information content (AvgIpc) is 2.93. The Morgan fingerprint density at radius 1 is 1.38 bits per heavy atom. The standard InChI is InChI=1S/C15H21ClN4O/c1-10-7-13(19-18-10)15(21)20-6-5-17-9-14(20)11-3-2-4-12(16)8-11/h2-4,8,10,13-14,17-19H,5-7,9H2,1H3. The molecule has 3 N–H and O–H groups in total. The third kappa shape index (κ3) is 3.21. The fourth-order valence-electron chi connectivity index (χ4n) is 3.06. The van der Waals surface area contributed by atoms with Crippen molar-refractivity contribution in [1.29, 1.82) is 0 Å². The molecule has 3 rings (SSSR count). The van der Waals surface area contributed by atoms with E-state index in [0.29, 0.717) is 11.1 Å². The maximum Gasteiger partial charge on any atom is 0.241 e. The third-order valence-corrected chi connectivity index (χ3v) is 4.39. The van der Waals surface area contributed by atoms with Gasteiger partial charge in [-0.25, -0.2) is 5.43 Å². The number of piperazine rings is 1. The van der Waals surface area contributed by atoms with Gasteiger partial charge >= 0.3 is 0 Å². The summed E-state index contributed by atoms with van der Waals surface area (Å²) in [6.45, 7) is 4.40. The van der Waals surface area contributed by atoms with Crippen LogP contribution in [0.1, 0.15) is 24.9 Å². The summed E-state index contributed by atoms with van der Waals surface area (Å²) >= 11 is 6.09. The quantitative estimate of drug-likeness (QED) is 0.765. The molecule has 0 bridgehead atoms. The Labute approximate surface area is 130 Å². The predicted molar refractivity (Wildman–Crippen MR) is 82.9 cm³/mol. The minimum atomic E-state index is -0.139. The number of benzene rings is 1. The molecule has 21 heavy (non-hydrogen) atoms. The number of carbonyl (C=O) groups excluding carboxylic acids is 1. The van der Waals surface area contributed by atoms with Gasteiger partial charge in [0.2, 0.25) is 5.91 Å². The molecule has 2 saturated heterocycles. The lowest BCUT2D eigenvalue weighted by Crippen LogP contribution is -2.54. The molecule has 1 aromatic rings. The molecule has 2 aliphatic heterocycles. The summed E-state index contributed by atoms with van der Waals surface area (Å²) in [6.07, 6.45) is 0.824. The fraction of sp³-hybridized carbons (Fsp3) is 0.533. The highest BCUT2D eigenvalue weighted by molar-refractivity contribution is 6.30. The van der Waals surface area contributed by atoms with Crippen LogP contribution in [0.3, 0.4) is 0 Å². The second-order valence-corrected chi connectivity index (χ2v) is 6.22. The zero-order valence-electron chi connectivity index (χ0n) is 12.1. The van der Waals surface area contributed by atoms with E-state index in [-0.39, 0.29) is 18.0 Å². The van der Waals surface area contributed by atoms with E-state index in [1.54, 1.807) is 0 Å². The van der Waals surface area contributed by atoms with E-state index in [4.69, 9.17) is 11.6 Å². The first-order valence-corrected chi connectivity index (χ1v) is 7.80. The number of carbonyl (C=O) groups is 1. The first kappa shape index (κ1) is 14.8. The van der Waals surface area contributed by atoms with Crippen LogP contribution in [0, 0.1) is 0 Å². The minimum Gasteiger partial charge on any atom is -0.332 e. The molecule has 114 valence electrons. The van der Waals surface area contributed by atoms with Crippen LogP contribution in [-0.4, -0.2) is 42.5 Å². The van der Waals surface area contributed by atoms with Gasteiger partial charge in [-0.15, -0.1) is 0 Å². The lowest BCUT2D eigenvalue weighted by Gasteiger charge is -2.38. The molecule has 2 fully saturated rings. The fourth-order valence-corrected chi connectivity index (χ4v) is 3.26. The van der Waals surface area contributed by atoms with Gasteiger partial charge in [-0.2, -0.15) is 0 Å². The summed E-state index contributed by atoms with van der Waals surface area (Å²) in [4.78, 5) is 14.7. The van der Waals surface area contributed by atoms with Crippen molar-refractivity contribution in [2.75, 3.05) is 19.6 Å². The number of hydrazine groups is 1. The first-order valence-electron chi connectivity index (χ1n) is 7.43. The second-order valence-electron chi connectivity index (χ2n) is 5.78. The Morgan fingerprint density at radius 3 is 2.95 bits per heavy atom. The van der Waals surface area contributed by atoms with Gasteiger partial charge in [0.1, 0.15) is 6.04 Å². The molecule has 3 unspecified atom stereocenters. The van der Waals surface area contributed by atoms with Crippen molar-refractivity contribution in [2.45, 2.75) is 31.5 Å². The van der Waals surface area contributed by atoms with Crippen LogP contribution in [0.2, 0.25) is 5.02 Å². The number of halogens is 1. The summed E-state index contributed by atoms with van der Waals surface area (Å²) in [6, 6.07) is 8.01. The molecule has 0 aliphatic carbocycles. The number of hydrogen-bond donors (Lipinski definition) is 3. The molecule has 0 radical (unpaired) electrons. The number of nitrogens with one attached hydrogen (secondary N) is 3. The molecule has 2 heterocycles. The SMILES string of the molecule is CC1CC(C(=O)N2CCNCC2c2cccc(Cl)c2)NN1. The highest BCUT2D eigenvalue weighted by Gasteiger charge is 2.35. The van der Waals surface area contributed by atoms with Gasteiger partial charge in [-0.1, -0.05) is 23.7 Å². The van der Waals surface area contributed by atoms with Gasteiger partial charge in [0.25, 0.3) is 0 Å². The molecule has 1 amide bonds. The second kappa shape index (κ2) is 6.32. The minimum absolute atomic E-state index is 0.0441. The molecule has 0 spiro atoms. The zero-order valence-corrected chi connectivity index (χ0v) is 12.9. The van der Waals surface area contributed by atoms with E-state index < -0.39 is 0 Å². The van der Waals surface area contributed by atoms with Gasteiger partial charge in [0, 0.05) is 30.7 Å². The van der Waals surface area contributed by atoms with Crippen LogP contribution in [-0.2, 0) is 4.79 Å². The highest BCUT2D eigenvalue weighted by atomic mass is 35.5. The normalized spacial score (nSPS) is 29.6. The highest BCUT2D eigenvalue weighted by Crippen LogP contribution is 2.26. The van der Waals surface area contributed by atoms with Crippen LogP contribution in [0.15, 0.2) is 24.3 Å². The summed E-state index contributed by atoms with van der Waals surface area (Å²) in [7, 11) is 0. The lowest BCUT2D eigenvalue weighted by atomic mass is 10.0.